The summed E-state index contributed by atoms with van der Waals surface area (Å²) in [6.45, 7) is 3.49. The fraction of sp³-hybridized carbons (Fsp3) is 0.312. The molecule has 0 saturated heterocycles. The van der Waals surface area contributed by atoms with Crippen LogP contribution < -0.4 is 4.74 Å². The number of nitrogens with zero attached hydrogens (tertiary/aromatic N) is 3. The molecule has 134 valence electrons. The molecule has 1 aromatic carbocycles. The molecule has 0 fully saturated rings. The Morgan fingerprint density at radius 2 is 2.04 bits per heavy atom. The molecule has 0 aliphatic rings. The van der Waals surface area contributed by atoms with Gasteiger partial charge in [-0.15, -0.1) is 0 Å². The summed E-state index contributed by atoms with van der Waals surface area (Å²) in [4.78, 5) is 14.2. The lowest BCUT2D eigenvalue weighted by Gasteiger charge is -2.25. The van der Waals surface area contributed by atoms with E-state index in [9.17, 15) is 18.5 Å². The maximum Gasteiger partial charge on any atom is 0.293 e. The van der Waals surface area contributed by atoms with Gasteiger partial charge < -0.3 is 4.74 Å². The van der Waals surface area contributed by atoms with Crippen molar-refractivity contribution in [3.05, 3.63) is 58.4 Å². The van der Waals surface area contributed by atoms with E-state index in [0.717, 1.165) is 6.07 Å². The highest BCUT2D eigenvalue weighted by Gasteiger charge is 2.33. The molecule has 0 amide bonds. The van der Waals surface area contributed by atoms with Crippen molar-refractivity contribution in [2.45, 2.75) is 31.3 Å². The number of benzene rings is 1. The quantitative estimate of drug-likeness (QED) is 0.552. The number of hydrogen-bond donors (Lipinski definition) is 0. The summed E-state index contributed by atoms with van der Waals surface area (Å²) in [5, 5.41) is 11.3. The molecule has 1 aromatic heterocycles. The van der Waals surface area contributed by atoms with Crippen LogP contribution in [0.2, 0.25) is 0 Å². The van der Waals surface area contributed by atoms with Crippen molar-refractivity contribution in [3.63, 3.8) is 0 Å². The van der Waals surface area contributed by atoms with E-state index in [2.05, 4.69) is 4.98 Å². The number of sulfonamides is 1. The van der Waals surface area contributed by atoms with E-state index in [1.165, 1.54) is 23.5 Å². The van der Waals surface area contributed by atoms with Crippen LogP contribution in [0.1, 0.15) is 19.4 Å². The van der Waals surface area contributed by atoms with Gasteiger partial charge in [-0.05, 0) is 37.6 Å². The SMILES string of the molecule is COc1ccc(S(=O)(=O)N(Cc2cccnc2)C(C)C)c([N+](=O)[O-])c1. The zero-order valence-corrected chi connectivity index (χ0v) is 14.9. The van der Waals surface area contributed by atoms with Crippen LogP contribution in [0, 0.1) is 10.1 Å². The van der Waals surface area contributed by atoms with Gasteiger partial charge in [0.15, 0.2) is 4.90 Å². The lowest BCUT2D eigenvalue weighted by molar-refractivity contribution is -0.387. The Labute approximate surface area is 146 Å². The average molecular weight is 365 g/mol. The second-order valence-electron chi connectivity index (χ2n) is 5.60. The minimum atomic E-state index is -4.09. The minimum Gasteiger partial charge on any atom is -0.497 e. The maximum absolute atomic E-state index is 13.1. The summed E-state index contributed by atoms with van der Waals surface area (Å²) in [5.41, 5.74) is 0.173. The number of hydrogen-bond acceptors (Lipinski definition) is 6. The number of methoxy groups -OCH3 is 1. The van der Waals surface area contributed by atoms with Crippen molar-refractivity contribution in [3.8, 4) is 5.75 Å². The predicted molar refractivity (Wildman–Crippen MR) is 91.8 cm³/mol. The Morgan fingerprint density at radius 3 is 2.56 bits per heavy atom. The Bertz CT molecular complexity index is 853. The molecule has 0 aliphatic heterocycles. The lowest BCUT2D eigenvalue weighted by atomic mass is 10.2. The number of pyridine rings is 1. The molecule has 2 rings (SSSR count). The highest BCUT2D eigenvalue weighted by molar-refractivity contribution is 7.89. The fourth-order valence-corrected chi connectivity index (χ4v) is 4.09. The van der Waals surface area contributed by atoms with Crippen LogP contribution in [0.5, 0.6) is 5.75 Å². The second-order valence-corrected chi connectivity index (χ2v) is 7.46. The average Bonchev–Trinajstić information content (AvgIpc) is 2.59. The third-order valence-corrected chi connectivity index (χ3v) is 5.66. The largest absolute Gasteiger partial charge is 0.497 e. The zero-order chi connectivity index (χ0) is 18.6. The first-order valence-corrected chi connectivity index (χ1v) is 8.94. The van der Waals surface area contributed by atoms with Gasteiger partial charge in [0.25, 0.3) is 5.69 Å². The summed E-state index contributed by atoms with van der Waals surface area (Å²) in [7, 11) is -2.73. The summed E-state index contributed by atoms with van der Waals surface area (Å²) in [6, 6.07) is 6.76. The molecule has 9 heteroatoms. The Morgan fingerprint density at radius 1 is 1.32 bits per heavy atom. The van der Waals surface area contributed by atoms with E-state index in [0.29, 0.717) is 5.56 Å². The van der Waals surface area contributed by atoms with E-state index in [-0.39, 0.29) is 17.2 Å². The van der Waals surface area contributed by atoms with Gasteiger partial charge in [-0.2, -0.15) is 4.31 Å². The molecule has 0 saturated carbocycles. The van der Waals surface area contributed by atoms with Crippen LogP contribution in [-0.2, 0) is 16.6 Å². The zero-order valence-electron chi connectivity index (χ0n) is 14.1. The van der Waals surface area contributed by atoms with Gasteiger partial charge in [-0.3, -0.25) is 15.1 Å². The second kappa shape index (κ2) is 7.58. The van der Waals surface area contributed by atoms with Crippen LogP contribution >= 0.6 is 0 Å². The third kappa shape index (κ3) is 4.12. The van der Waals surface area contributed by atoms with Crippen molar-refractivity contribution in [1.82, 2.24) is 9.29 Å². The molecular formula is C16H19N3O5S. The van der Waals surface area contributed by atoms with Crippen molar-refractivity contribution in [1.29, 1.82) is 0 Å². The van der Waals surface area contributed by atoms with Crippen LogP contribution in [0.4, 0.5) is 5.69 Å². The number of nitro groups is 1. The molecule has 25 heavy (non-hydrogen) atoms. The number of rotatable bonds is 7. The van der Waals surface area contributed by atoms with Gasteiger partial charge in [0, 0.05) is 25.0 Å². The van der Waals surface area contributed by atoms with E-state index in [1.807, 2.05) is 0 Å². The van der Waals surface area contributed by atoms with Crippen LogP contribution in [0.3, 0.4) is 0 Å². The van der Waals surface area contributed by atoms with E-state index in [4.69, 9.17) is 4.74 Å². The number of ether oxygens (including phenoxy) is 1. The third-order valence-electron chi connectivity index (χ3n) is 3.59. The highest BCUT2D eigenvalue weighted by Crippen LogP contribution is 2.32. The van der Waals surface area contributed by atoms with Gasteiger partial charge in [0.2, 0.25) is 10.0 Å². The topological polar surface area (TPSA) is 103 Å². The fourth-order valence-electron chi connectivity index (χ4n) is 2.33. The van der Waals surface area contributed by atoms with Gasteiger partial charge in [0.1, 0.15) is 5.75 Å². The van der Waals surface area contributed by atoms with Gasteiger partial charge in [-0.25, -0.2) is 8.42 Å². The first-order valence-electron chi connectivity index (χ1n) is 7.50. The lowest BCUT2D eigenvalue weighted by Crippen LogP contribution is -2.36. The van der Waals surface area contributed by atoms with Crippen LogP contribution in [0.25, 0.3) is 0 Å². The van der Waals surface area contributed by atoms with Crippen molar-refractivity contribution < 1.29 is 18.1 Å². The van der Waals surface area contributed by atoms with Gasteiger partial charge in [0.05, 0.1) is 18.1 Å². The number of nitro benzene ring substituents is 1. The summed E-state index contributed by atoms with van der Waals surface area (Å²) in [5.74, 6) is 0.217. The van der Waals surface area contributed by atoms with E-state index >= 15 is 0 Å². The first kappa shape index (κ1) is 18.8. The molecule has 0 spiro atoms. The molecule has 0 radical (unpaired) electrons. The predicted octanol–water partition coefficient (Wildman–Crippen LogP) is 2.60. The van der Waals surface area contributed by atoms with Gasteiger partial charge in [-0.1, -0.05) is 6.07 Å². The summed E-state index contributed by atoms with van der Waals surface area (Å²) >= 11 is 0. The standard InChI is InChI=1S/C16H19N3O5S/c1-12(2)18(11-13-5-4-8-17-10-13)25(22,23)16-7-6-14(24-3)9-15(16)19(20)21/h4-10,12H,11H2,1-3H3. The molecular weight excluding hydrogens is 346 g/mol. The molecule has 2 aromatic rings. The van der Waals surface area contributed by atoms with Crippen LogP contribution in [-0.4, -0.2) is 35.8 Å². The normalized spacial score (nSPS) is 11.7. The minimum absolute atomic E-state index is 0.0665. The summed E-state index contributed by atoms with van der Waals surface area (Å²) in [6.07, 6.45) is 3.15. The van der Waals surface area contributed by atoms with E-state index < -0.39 is 26.7 Å². The smallest absolute Gasteiger partial charge is 0.293 e. The van der Waals surface area contributed by atoms with Crippen LogP contribution in [0.15, 0.2) is 47.6 Å². The Balaban J connectivity index is 2.52. The molecule has 0 atom stereocenters. The monoisotopic (exact) mass is 365 g/mol. The van der Waals surface area contributed by atoms with Gasteiger partial charge >= 0.3 is 0 Å². The molecule has 0 bridgehead atoms. The van der Waals surface area contributed by atoms with Crippen molar-refractivity contribution in [2.24, 2.45) is 0 Å². The Kier molecular flexibility index (Phi) is 5.70. The molecule has 1 heterocycles. The van der Waals surface area contributed by atoms with Crippen molar-refractivity contribution >= 4 is 15.7 Å². The number of aromatic nitrogens is 1. The maximum atomic E-state index is 13.1. The molecule has 0 unspecified atom stereocenters. The molecule has 0 aliphatic carbocycles. The molecule has 8 nitrogen and oxygen atoms in total. The summed E-state index contributed by atoms with van der Waals surface area (Å²) < 4.78 is 32.3. The van der Waals surface area contributed by atoms with Crippen molar-refractivity contribution in [2.75, 3.05) is 7.11 Å². The first-order chi connectivity index (χ1) is 11.8. The Hall–Kier alpha value is -2.52. The van der Waals surface area contributed by atoms with E-state index in [1.54, 1.807) is 38.4 Å². The molecule has 0 N–H and O–H groups in total. The highest BCUT2D eigenvalue weighted by atomic mass is 32.2.